The molecule has 3 aromatic rings. The summed E-state index contributed by atoms with van der Waals surface area (Å²) in [6, 6.07) is 9.45. The fraction of sp³-hybridized carbons (Fsp3) is 0.324. The van der Waals surface area contributed by atoms with Crippen LogP contribution in [-0.4, -0.2) is 38.2 Å². The Bertz CT molecular complexity index is 1490. The minimum atomic E-state index is -0.220. The van der Waals surface area contributed by atoms with Gasteiger partial charge >= 0.3 is 0 Å². The number of aromatic amines is 1. The Balaban J connectivity index is 0.000000322. The number of benzene rings is 1. The van der Waals surface area contributed by atoms with E-state index in [0.717, 1.165) is 34.4 Å². The zero-order valence-electron chi connectivity index (χ0n) is 25.5. The number of rotatable bonds is 6. The van der Waals surface area contributed by atoms with E-state index in [1.165, 1.54) is 17.3 Å². The number of hydrogen-bond acceptors (Lipinski definition) is 5. The number of aromatic nitrogens is 4. The molecule has 0 radical (unpaired) electrons. The normalized spacial score (nSPS) is 14.0. The topological polar surface area (TPSA) is 83.7 Å². The lowest BCUT2D eigenvalue weighted by Crippen LogP contribution is -2.27. The van der Waals surface area contributed by atoms with Gasteiger partial charge in [-0.05, 0) is 50.0 Å². The summed E-state index contributed by atoms with van der Waals surface area (Å²) in [5.74, 6) is 0.109. The molecule has 216 valence electrons. The second kappa shape index (κ2) is 12.9. The summed E-state index contributed by atoms with van der Waals surface area (Å²) in [4.78, 5) is 11.2. The van der Waals surface area contributed by atoms with E-state index in [1.54, 1.807) is 24.7 Å². The lowest BCUT2D eigenvalue weighted by atomic mass is 9.92. The first-order valence-electron chi connectivity index (χ1n) is 13.8. The van der Waals surface area contributed by atoms with Gasteiger partial charge in [-0.1, -0.05) is 71.2 Å². The molecule has 1 aliphatic carbocycles. The first kappa shape index (κ1) is 31.3. The number of H-pyrrole nitrogens is 1. The molecule has 4 rings (SSSR count). The number of nitrogens with one attached hydrogen (secondary N) is 1. The van der Waals surface area contributed by atoms with Crippen molar-refractivity contribution in [2.75, 3.05) is 12.8 Å². The summed E-state index contributed by atoms with van der Waals surface area (Å²) >= 11 is 0. The van der Waals surface area contributed by atoms with Crippen LogP contribution in [0.4, 0.5) is 10.2 Å². The molecule has 2 heterocycles. The number of anilines is 1. The molecule has 1 unspecified atom stereocenters. The molecular weight excluding hydrogens is 511 g/mol. The van der Waals surface area contributed by atoms with Gasteiger partial charge in [0.2, 0.25) is 0 Å². The summed E-state index contributed by atoms with van der Waals surface area (Å²) in [5.41, 5.74) is 14.9. The molecule has 3 N–H and O–H groups in total. The van der Waals surface area contributed by atoms with Crippen LogP contribution < -0.4 is 5.73 Å². The maximum absolute atomic E-state index is 14.1. The molecule has 6 nitrogen and oxygen atoms in total. The van der Waals surface area contributed by atoms with Crippen LogP contribution in [0.3, 0.4) is 0 Å². The van der Waals surface area contributed by atoms with Gasteiger partial charge in [0.25, 0.3) is 0 Å². The number of hydrogen-bond donors (Lipinski definition) is 2. The smallest absolute Gasteiger partial charge is 0.133 e. The van der Waals surface area contributed by atoms with Crippen molar-refractivity contribution in [2.45, 2.75) is 60.4 Å². The van der Waals surface area contributed by atoms with Crippen molar-refractivity contribution in [1.29, 1.82) is 0 Å². The first-order chi connectivity index (χ1) is 19.2. The molecule has 1 aromatic carbocycles. The van der Waals surface area contributed by atoms with Crippen LogP contribution in [0.15, 0.2) is 79.9 Å². The number of nitrogens with zero attached hydrogens (tertiary/aromatic N) is 4. The van der Waals surface area contributed by atoms with Crippen LogP contribution in [0, 0.1) is 18.2 Å². The monoisotopic (exact) mass is 554 g/mol. The van der Waals surface area contributed by atoms with Crippen LogP contribution in [0.5, 0.6) is 0 Å². The molecule has 0 bridgehead atoms. The molecule has 1 fully saturated rings. The quantitative estimate of drug-likeness (QED) is 0.301. The molecule has 7 heteroatoms. The first-order valence-corrected chi connectivity index (χ1v) is 13.8. The highest BCUT2D eigenvalue weighted by molar-refractivity contribution is 5.74. The summed E-state index contributed by atoms with van der Waals surface area (Å²) in [7, 11) is 2.11. The Hall–Kier alpha value is -4.26. The lowest BCUT2D eigenvalue weighted by molar-refractivity contribution is 0.311. The van der Waals surface area contributed by atoms with E-state index in [2.05, 4.69) is 72.6 Å². The summed E-state index contributed by atoms with van der Waals surface area (Å²) in [5, 5.41) is 7.07. The molecule has 1 saturated carbocycles. The van der Waals surface area contributed by atoms with Crippen molar-refractivity contribution in [3.8, 4) is 22.4 Å². The number of halogens is 1. The highest BCUT2D eigenvalue weighted by Gasteiger charge is 2.34. The number of pyridine rings is 1. The minimum absolute atomic E-state index is 0.178. The molecule has 2 aromatic heterocycles. The molecule has 1 aliphatic rings. The van der Waals surface area contributed by atoms with Crippen LogP contribution in [0.2, 0.25) is 0 Å². The third-order valence-corrected chi connectivity index (χ3v) is 7.22. The average Bonchev–Trinajstić information content (AvgIpc) is 3.64. The number of nitrogens with two attached hydrogens (primary N) is 1. The molecular formula is C34H43FN6. The number of aryl methyl sites for hydroxylation is 2. The predicted octanol–water partition coefficient (Wildman–Crippen LogP) is 8.09. The second-order valence-electron chi connectivity index (χ2n) is 11.5. The summed E-state index contributed by atoms with van der Waals surface area (Å²) < 4.78 is 14.1. The third kappa shape index (κ3) is 7.91. The third-order valence-electron chi connectivity index (χ3n) is 7.22. The zero-order chi connectivity index (χ0) is 30.5. The largest absolute Gasteiger partial charge is 0.383 e. The van der Waals surface area contributed by atoms with E-state index < -0.39 is 0 Å². The highest BCUT2D eigenvalue weighted by Crippen LogP contribution is 2.38. The van der Waals surface area contributed by atoms with Crippen molar-refractivity contribution in [2.24, 2.45) is 5.41 Å². The maximum atomic E-state index is 14.1. The van der Waals surface area contributed by atoms with Gasteiger partial charge in [-0.25, -0.2) is 9.37 Å². The maximum Gasteiger partial charge on any atom is 0.133 e. The molecule has 0 saturated heterocycles. The average molecular weight is 555 g/mol. The van der Waals surface area contributed by atoms with Crippen LogP contribution >= 0.6 is 0 Å². The van der Waals surface area contributed by atoms with Gasteiger partial charge in [-0.2, -0.15) is 5.10 Å². The Morgan fingerprint density at radius 3 is 2.32 bits per heavy atom. The molecule has 0 aliphatic heterocycles. The fourth-order valence-electron chi connectivity index (χ4n) is 4.36. The minimum Gasteiger partial charge on any atom is -0.383 e. The van der Waals surface area contributed by atoms with Crippen molar-refractivity contribution >= 4 is 11.4 Å². The standard InChI is InChI=1S/C23H24FN5.C11H19N/c1-5-16-6-7-17(10-21(16)24)22-9-8-18(11-26-22)20-13-28-27-12-19(14(2)3)15(4)29-23(20)25;1-8-7-10(8)12(6)9(2)11(3,4)5/h6-13,27H,2,5,25H2,1,3-4H3;10H,1-2,7H2,3-6H3. The van der Waals surface area contributed by atoms with Crippen molar-refractivity contribution in [3.05, 3.63) is 103 Å². The van der Waals surface area contributed by atoms with E-state index in [0.29, 0.717) is 35.1 Å². The van der Waals surface area contributed by atoms with Gasteiger partial charge in [-0.3, -0.25) is 10.1 Å². The number of likely N-dealkylation sites (N-methyl/N-ethyl adjacent to an activating group) is 1. The fourth-order valence-corrected chi connectivity index (χ4v) is 4.36. The van der Waals surface area contributed by atoms with Gasteiger partial charge in [0.05, 0.1) is 17.9 Å². The van der Waals surface area contributed by atoms with Gasteiger partial charge in [0.15, 0.2) is 0 Å². The predicted molar refractivity (Wildman–Crippen MR) is 170 cm³/mol. The van der Waals surface area contributed by atoms with Crippen molar-refractivity contribution < 1.29 is 4.39 Å². The van der Waals surface area contributed by atoms with E-state index in [9.17, 15) is 4.39 Å². The summed E-state index contributed by atoms with van der Waals surface area (Å²) in [6.07, 6.45) is 6.83. The number of nitrogen functional groups attached to an aromatic ring is 1. The van der Waals surface area contributed by atoms with E-state index in [1.807, 2.05) is 39.0 Å². The van der Waals surface area contributed by atoms with Gasteiger partial charge in [0, 0.05) is 58.5 Å². The Morgan fingerprint density at radius 1 is 1.15 bits per heavy atom. The SMILES string of the molecule is C=C(C)c1c[nH]ncc(-c2ccc(-c3ccc(CC)c(F)c3)nc2)c(N)nc1C.C=C1CC1N(C)C(=C)C(C)(C)C. The van der Waals surface area contributed by atoms with Crippen molar-refractivity contribution in [3.63, 3.8) is 0 Å². The second-order valence-corrected chi connectivity index (χ2v) is 11.5. The van der Waals surface area contributed by atoms with E-state index in [-0.39, 0.29) is 11.2 Å². The molecule has 41 heavy (non-hydrogen) atoms. The Morgan fingerprint density at radius 2 is 1.80 bits per heavy atom. The Kier molecular flexibility index (Phi) is 9.87. The van der Waals surface area contributed by atoms with E-state index >= 15 is 0 Å². The zero-order valence-corrected chi connectivity index (χ0v) is 25.5. The number of allylic oxidation sites excluding steroid dienone is 2. The molecule has 0 spiro atoms. The van der Waals surface area contributed by atoms with Crippen LogP contribution in [-0.2, 0) is 6.42 Å². The lowest BCUT2D eigenvalue weighted by Gasteiger charge is -2.31. The Labute approximate surface area is 244 Å². The van der Waals surface area contributed by atoms with Crippen LogP contribution in [0.25, 0.3) is 28.0 Å². The van der Waals surface area contributed by atoms with Crippen molar-refractivity contribution in [1.82, 2.24) is 25.1 Å². The van der Waals surface area contributed by atoms with Gasteiger partial charge in [-0.15, -0.1) is 0 Å². The van der Waals surface area contributed by atoms with Gasteiger partial charge < -0.3 is 10.6 Å². The summed E-state index contributed by atoms with van der Waals surface area (Å²) in [6.45, 7) is 24.3. The molecule has 0 amide bonds. The van der Waals surface area contributed by atoms with Gasteiger partial charge in [0.1, 0.15) is 11.6 Å². The van der Waals surface area contributed by atoms with E-state index in [4.69, 9.17) is 5.73 Å². The molecule has 1 atom stereocenters. The van der Waals surface area contributed by atoms with Crippen LogP contribution in [0.1, 0.15) is 57.9 Å². The highest BCUT2D eigenvalue weighted by atomic mass is 19.1.